The number of aliphatic hydroxyl groups excluding tert-OH is 1. The summed E-state index contributed by atoms with van der Waals surface area (Å²) in [5, 5.41) is 10.1. The van der Waals surface area contributed by atoms with Crippen molar-refractivity contribution in [1.82, 2.24) is 0 Å². The first-order chi connectivity index (χ1) is 7.41. The van der Waals surface area contributed by atoms with Crippen LogP contribution in [-0.4, -0.2) is 5.11 Å². The molecular weight excluding hydrogens is 264 g/mol. The van der Waals surface area contributed by atoms with Gasteiger partial charge in [-0.05, 0) is 35.4 Å². The first-order valence-electron chi connectivity index (χ1n) is 5.89. The molecule has 0 fully saturated rings. The molecule has 0 saturated heterocycles. The zero-order valence-corrected chi connectivity index (χ0v) is 12.1. The van der Waals surface area contributed by atoms with Crippen molar-refractivity contribution < 1.29 is 5.11 Å². The Bertz CT molecular complexity index is 345. The Hall–Kier alpha value is -0.340. The first-order valence-corrected chi connectivity index (χ1v) is 6.68. The summed E-state index contributed by atoms with van der Waals surface area (Å²) in [6, 6.07) is 6.26. The lowest BCUT2D eigenvalue weighted by molar-refractivity contribution is 0.150. The van der Waals surface area contributed by atoms with Crippen molar-refractivity contribution in [2.45, 2.75) is 46.1 Å². The Balaban J connectivity index is 2.97. The van der Waals surface area contributed by atoms with E-state index in [1.54, 1.807) is 0 Å². The molecule has 2 heteroatoms. The lowest BCUT2D eigenvalue weighted by Crippen LogP contribution is -2.04. The van der Waals surface area contributed by atoms with Crippen molar-refractivity contribution >= 4 is 15.9 Å². The van der Waals surface area contributed by atoms with E-state index in [1.165, 1.54) is 5.56 Å². The number of hydrogen-bond acceptors (Lipinski definition) is 1. The Morgan fingerprint density at radius 2 is 1.81 bits per heavy atom. The van der Waals surface area contributed by atoms with Crippen LogP contribution in [0.4, 0.5) is 0 Å². The maximum atomic E-state index is 10.1. The molecule has 0 heterocycles. The van der Waals surface area contributed by atoms with Crippen LogP contribution in [0.15, 0.2) is 22.7 Å². The second-order valence-electron chi connectivity index (χ2n) is 5.08. The lowest BCUT2D eigenvalue weighted by atomic mass is 9.95. The standard InChI is InChI=1S/C14H21BrO/c1-9(2)7-14(16)12-8-11(10(3)4)5-6-13(12)15/h5-6,8-10,14,16H,7H2,1-4H3. The molecule has 0 bridgehead atoms. The van der Waals surface area contributed by atoms with Gasteiger partial charge in [0.15, 0.2) is 0 Å². The van der Waals surface area contributed by atoms with Crippen LogP contribution in [0, 0.1) is 5.92 Å². The van der Waals surface area contributed by atoms with Crippen LogP contribution in [0.1, 0.15) is 57.3 Å². The van der Waals surface area contributed by atoms with Crippen LogP contribution >= 0.6 is 15.9 Å². The highest BCUT2D eigenvalue weighted by Gasteiger charge is 2.14. The fraction of sp³-hybridized carbons (Fsp3) is 0.571. The number of aliphatic hydroxyl groups is 1. The molecule has 1 aromatic rings. The predicted molar refractivity (Wildman–Crippen MR) is 72.6 cm³/mol. The molecular formula is C14H21BrO. The van der Waals surface area contributed by atoms with Crippen molar-refractivity contribution in [1.29, 1.82) is 0 Å². The molecule has 0 aliphatic rings. The number of benzene rings is 1. The summed E-state index contributed by atoms with van der Waals surface area (Å²) in [4.78, 5) is 0. The quantitative estimate of drug-likeness (QED) is 0.853. The summed E-state index contributed by atoms with van der Waals surface area (Å²) in [5.41, 5.74) is 2.29. The Labute approximate surface area is 107 Å². The van der Waals surface area contributed by atoms with E-state index in [1.807, 2.05) is 6.07 Å². The van der Waals surface area contributed by atoms with Crippen molar-refractivity contribution in [3.63, 3.8) is 0 Å². The average molecular weight is 285 g/mol. The van der Waals surface area contributed by atoms with E-state index in [9.17, 15) is 5.11 Å². The van der Waals surface area contributed by atoms with Crippen molar-refractivity contribution in [3.05, 3.63) is 33.8 Å². The van der Waals surface area contributed by atoms with Gasteiger partial charge in [0.05, 0.1) is 6.10 Å². The van der Waals surface area contributed by atoms with E-state index in [0.29, 0.717) is 11.8 Å². The topological polar surface area (TPSA) is 20.2 Å². The van der Waals surface area contributed by atoms with Crippen LogP contribution in [-0.2, 0) is 0 Å². The van der Waals surface area contributed by atoms with Crippen LogP contribution in [0.25, 0.3) is 0 Å². The SMILES string of the molecule is CC(C)CC(O)c1cc(C(C)C)ccc1Br. The number of rotatable bonds is 4. The first kappa shape index (κ1) is 13.7. The molecule has 1 atom stereocenters. The molecule has 0 aliphatic heterocycles. The number of hydrogen-bond donors (Lipinski definition) is 1. The van der Waals surface area contributed by atoms with Gasteiger partial charge in [0, 0.05) is 4.47 Å². The Morgan fingerprint density at radius 1 is 1.19 bits per heavy atom. The third kappa shape index (κ3) is 3.60. The second kappa shape index (κ2) is 5.83. The number of halogens is 1. The minimum absolute atomic E-state index is 0.368. The maximum absolute atomic E-state index is 10.1. The van der Waals surface area contributed by atoms with Gasteiger partial charge >= 0.3 is 0 Å². The van der Waals surface area contributed by atoms with Gasteiger partial charge in [-0.2, -0.15) is 0 Å². The molecule has 0 aromatic heterocycles. The van der Waals surface area contributed by atoms with E-state index in [-0.39, 0.29) is 6.10 Å². The van der Waals surface area contributed by atoms with E-state index >= 15 is 0 Å². The fourth-order valence-electron chi connectivity index (χ4n) is 1.75. The molecule has 1 aromatic carbocycles. The van der Waals surface area contributed by atoms with Crippen molar-refractivity contribution in [3.8, 4) is 0 Å². The Kier molecular flexibility index (Phi) is 5.00. The third-order valence-electron chi connectivity index (χ3n) is 2.74. The van der Waals surface area contributed by atoms with Crippen LogP contribution < -0.4 is 0 Å². The third-order valence-corrected chi connectivity index (χ3v) is 3.46. The summed E-state index contributed by atoms with van der Waals surface area (Å²) in [5.74, 6) is 1.00. The minimum atomic E-state index is -0.368. The second-order valence-corrected chi connectivity index (χ2v) is 5.94. The van der Waals surface area contributed by atoms with Crippen molar-refractivity contribution in [2.24, 2.45) is 5.92 Å². The van der Waals surface area contributed by atoms with Crippen LogP contribution in [0.3, 0.4) is 0 Å². The monoisotopic (exact) mass is 284 g/mol. The highest BCUT2D eigenvalue weighted by Crippen LogP contribution is 2.30. The predicted octanol–water partition coefficient (Wildman–Crippen LogP) is 4.65. The van der Waals surface area contributed by atoms with Gasteiger partial charge in [0.1, 0.15) is 0 Å². The molecule has 0 radical (unpaired) electrons. The van der Waals surface area contributed by atoms with Gasteiger partial charge in [0.2, 0.25) is 0 Å². The zero-order valence-electron chi connectivity index (χ0n) is 10.5. The van der Waals surface area contributed by atoms with Crippen molar-refractivity contribution in [2.75, 3.05) is 0 Å². The highest BCUT2D eigenvalue weighted by molar-refractivity contribution is 9.10. The van der Waals surface area contributed by atoms with Gasteiger partial charge in [-0.25, -0.2) is 0 Å². The zero-order chi connectivity index (χ0) is 12.3. The molecule has 1 unspecified atom stereocenters. The van der Waals surface area contributed by atoms with Gasteiger partial charge < -0.3 is 5.11 Å². The molecule has 1 N–H and O–H groups in total. The van der Waals surface area contributed by atoms with E-state index in [4.69, 9.17) is 0 Å². The van der Waals surface area contributed by atoms with Crippen LogP contribution in [0.5, 0.6) is 0 Å². The lowest BCUT2D eigenvalue weighted by Gasteiger charge is -2.17. The van der Waals surface area contributed by atoms with E-state index < -0.39 is 0 Å². The summed E-state index contributed by atoms with van der Waals surface area (Å²) in [6.07, 6.45) is 0.438. The molecule has 1 nitrogen and oxygen atoms in total. The van der Waals surface area contributed by atoms with E-state index in [2.05, 4.69) is 55.8 Å². The molecule has 1 rings (SSSR count). The smallest absolute Gasteiger partial charge is 0.0803 e. The molecule has 90 valence electrons. The van der Waals surface area contributed by atoms with Gasteiger partial charge in [-0.1, -0.05) is 55.8 Å². The maximum Gasteiger partial charge on any atom is 0.0803 e. The van der Waals surface area contributed by atoms with Crippen LogP contribution in [0.2, 0.25) is 0 Å². The molecule has 0 amide bonds. The molecule has 0 spiro atoms. The molecule has 0 aliphatic carbocycles. The largest absolute Gasteiger partial charge is 0.388 e. The van der Waals surface area contributed by atoms with E-state index in [0.717, 1.165) is 16.5 Å². The highest BCUT2D eigenvalue weighted by atomic mass is 79.9. The summed E-state index contributed by atoms with van der Waals surface area (Å²) < 4.78 is 1.00. The average Bonchev–Trinajstić information content (AvgIpc) is 2.16. The summed E-state index contributed by atoms with van der Waals surface area (Å²) in [6.45, 7) is 8.59. The minimum Gasteiger partial charge on any atom is -0.388 e. The molecule has 0 saturated carbocycles. The normalized spacial score (nSPS) is 13.5. The van der Waals surface area contributed by atoms with Gasteiger partial charge in [-0.3, -0.25) is 0 Å². The van der Waals surface area contributed by atoms with Gasteiger partial charge in [0.25, 0.3) is 0 Å². The summed E-state index contributed by atoms with van der Waals surface area (Å²) in [7, 11) is 0. The van der Waals surface area contributed by atoms with Gasteiger partial charge in [-0.15, -0.1) is 0 Å². The Morgan fingerprint density at radius 3 is 2.31 bits per heavy atom. The fourth-order valence-corrected chi connectivity index (χ4v) is 2.26. The molecule has 16 heavy (non-hydrogen) atoms. The summed E-state index contributed by atoms with van der Waals surface area (Å²) >= 11 is 3.51.